The Morgan fingerprint density at radius 2 is 1.48 bits per heavy atom. The van der Waals surface area contributed by atoms with Crippen LogP contribution in [0.2, 0.25) is 0 Å². The number of carboxylic acids is 2. The number of aromatic carboxylic acids is 2. The number of benzene rings is 3. The third kappa shape index (κ3) is 4.78. The van der Waals surface area contributed by atoms with Gasteiger partial charge < -0.3 is 20.3 Å². The van der Waals surface area contributed by atoms with E-state index in [4.69, 9.17) is 9.84 Å². The number of carbonyl (C=O) groups is 3. The third-order valence-corrected chi connectivity index (χ3v) is 4.06. The summed E-state index contributed by atoms with van der Waals surface area (Å²) < 4.78 is 5.64. The molecule has 0 heterocycles. The van der Waals surface area contributed by atoms with E-state index < -0.39 is 11.9 Å². The number of carbonyl (C=O) groups excluding carboxylic acids is 1. The molecule has 146 valence electrons. The Balaban J connectivity index is 1.80. The molecule has 0 aliphatic heterocycles. The summed E-state index contributed by atoms with van der Waals surface area (Å²) in [6, 6.07) is 17.4. The third-order valence-electron chi connectivity index (χ3n) is 4.06. The second kappa shape index (κ2) is 8.26. The molecule has 0 radical (unpaired) electrons. The Hall–Kier alpha value is -4.13. The minimum Gasteiger partial charge on any atom is -0.478 e. The number of anilines is 1. The SMILES string of the molecule is Cc1cccc(C(=O)Nc2cccc(Oc3ccc(C(=O)O)c(C(=O)O)c3)c2)c1. The van der Waals surface area contributed by atoms with E-state index >= 15 is 0 Å². The van der Waals surface area contributed by atoms with Crippen LogP contribution in [0.4, 0.5) is 5.69 Å². The van der Waals surface area contributed by atoms with Gasteiger partial charge in [-0.2, -0.15) is 0 Å². The molecule has 0 saturated heterocycles. The van der Waals surface area contributed by atoms with Crippen LogP contribution in [0.3, 0.4) is 0 Å². The van der Waals surface area contributed by atoms with E-state index in [1.807, 2.05) is 13.0 Å². The van der Waals surface area contributed by atoms with Crippen molar-refractivity contribution < 1.29 is 29.3 Å². The Morgan fingerprint density at radius 1 is 0.793 bits per heavy atom. The average molecular weight is 391 g/mol. The molecule has 29 heavy (non-hydrogen) atoms. The van der Waals surface area contributed by atoms with Crippen molar-refractivity contribution in [2.75, 3.05) is 5.32 Å². The van der Waals surface area contributed by atoms with Crippen LogP contribution in [0.15, 0.2) is 66.7 Å². The summed E-state index contributed by atoms with van der Waals surface area (Å²) in [6.07, 6.45) is 0. The molecule has 0 saturated carbocycles. The van der Waals surface area contributed by atoms with Crippen LogP contribution in [0.1, 0.15) is 36.6 Å². The van der Waals surface area contributed by atoms with Gasteiger partial charge in [-0.3, -0.25) is 4.79 Å². The van der Waals surface area contributed by atoms with E-state index in [0.717, 1.165) is 11.6 Å². The molecule has 0 fully saturated rings. The Morgan fingerprint density at radius 3 is 2.17 bits per heavy atom. The summed E-state index contributed by atoms with van der Waals surface area (Å²) >= 11 is 0. The monoisotopic (exact) mass is 391 g/mol. The maximum absolute atomic E-state index is 12.4. The molecule has 3 aromatic rings. The zero-order valence-corrected chi connectivity index (χ0v) is 15.4. The smallest absolute Gasteiger partial charge is 0.336 e. The molecule has 0 aliphatic rings. The normalized spacial score (nSPS) is 10.2. The quantitative estimate of drug-likeness (QED) is 0.573. The van der Waals surface area contributed by atoms with Crippen molar-refractivity contribution in [1.82, 2.24) is 0 Å². The lowest BCUT2D eigenvalue weighted by atomic mass is 10.1. The van der Waals surface area contributed by atoms with Crippen LogP contribution in [-0.2, 0) is 0 Å². The number of hydrogen-bond acceptors (Lipinski definition) is 4. The number of ether oxygens (including phenoxy) is 1. The fraction of sp³-hybridized carbons (Fsp3) is 0.0455. The highest BCUT2D eigenvalue weighted by Crippen LogP contribution is 2.26. The van der Waals surface area contributed by atoms with E-state index in [1.165, 1.54) is 12.1 Å². The lowest BCUT2D eigenvalue weighted by Crippen LogP contribution is -2.11. The summed E-state index contributed by atoms with van der Waals surface area (Å²) in [7, 11) is 0. The van der Waals surface area contributed by atoms with Gasteiger partial charge in [0.25, 0.3) is 5.91 Å². The first-order valence-electron chi connectivity index (χ1n) is 8.60. The topological polar surface area (TPSA) is 113 Å². The summed E-state index contributed by atoms with van der Waals surface area (Å²) in [5, 5.41) is 21.1. The summed E-state index contributed by atoms with van der Waals surface area (Å²) in [5.74, 6) is -2.47. The van der Waals surface area contributed by atoms with Crippen molar-refractivity contribution in [1.29, 1.82) is 0 Å². The van der Waals surface area contributed by atoms with Gasteiger partial charge in [0.1, 0.15) is 11.5 Å². The highest BCUT2D eigenvalue weighted by molar-refractivity contribution is 6.04. The summed E-state index contributed by atoms with van der Waals surface area (Å²) in [5.41, 5.74) is 1.28. The molecule has 7 heteroatoms. The molecule has 0 aliphatic carbocycles. The predicted octanol–water partition coefficient (Wildman–Crippen LogP) is 4.44. The molecular formula is C22H17NO6. The molecular weight excluding hydrogens is 374 g/mol. The van der Waals surface area contributed by atoms with E-state index in [2.05, 4.69) is 5.32 Å². The van der Waals surface area contributed by atoms with Crippen molar-refractivity contribution >= 4 is 23.5 Å². The largest absolute Gasteiger partial charge is 0.478 e. The van der Waals surface area contributed by atoms with Gasteiger partial charge in [-0.15, -0.1) is 0 Å². The zero-order valence-electron chi connectivity index (χ0n) is 15.4. The van der Waals surface area contributed by atoms with Gasteiger partial charge in [-0.05, 0) is 49.4 Å². The van der Waals surface area contributed by atoms with E-state index in [0.29, 0.717) is 17.0 Å². The highest BCUT2D eigenvalue weighted by Gasteiger charge is 2.17. The first kappa shape index (κ1) is 19.6. The van der Waals surface area contributed by atoms with Crippen molar-refractivity contribution in [2.45, 2.75) is 6.92 Å². The molecule has 0 aromatic heterocycles. The van der Waals surface area contributed by atoms with Crippen molar-refractivity contribution in [3.63, 3.8) is 0 Å². The van der Waals surface area contributed by atoms with Gasteiger partial charge in [0.2, 0.25) is 0 Å². The maximum Gasteiger partial charge on any atom is 0.336 e. The van der Waals surface area contributed by atoms with Crippen molar-refractivity contribution in [3.8, 4) is 11.5 Å². The Kier molecular flexibility index (Phi) is 5.59. The summed E-state index contributed by atoms with van der Waals surface area (Å²) in [6.45, 7) is 1.90. The molecule has 0 unspecified atom stereocenters. The van der Waals surface area contributed by atoms with Gasteiger partial charge in [-0.1, -0.05) is 23.8 Å². The fourth-order valence-electron chi connectivity index (χ4n) is 2.71. The average Bonchev–Trinajstić information content (AvgIpc) is 2.68. The van der Waals surface area contributed by atoms with E-state index in [9.17, 15) is 19.5 Å². The van der Waals surface area contributed by atoms with E-state index in [1.54, 1.807) is 42.5 Å². The van der Waals surface area contributed by atoms with Crippen LogP contribution in [0, 0.1) is 6.92 Å². The first-order chi connectivity index (χ1) is 13.8. The van der Waals surface area contributed by atoms with Gasteiger partial charge in [0, 0.05) is 17.3 Å². The summed E-state index contributed by atoms with van der Waals surface area (Å²) in [4.78, 5) is 34.8. The molecule has 7 nitrogen and oxygen atoms in total. The van der Waals surface area contributed by atoms with Crippen LogP contribution >= 0.6 is 0 Å². The number of nitrogens with one attached hydrogen (secondary N) is 1. The zero-order chi connectivity index (χ0) is 21.0. The van der Waals surface area contributed by atoms with Crippen LogP contribution in [0.25, 0.3) is 0 Å². The van der Waals surface area contributed by atoms with Gasteiger partial charge in [0.15, 0.2) is 0 Å². The molecule has 1 amide bonds. The highest BCUT2D eigenvalue weighted by atomic mass is 16.5. The predicted molar refractivity (Wildman–Crippen MR) is 106 cm³/mol. The number of aryl methyl sites for hydroxylation is 1. The Bertz CT molecular complexity index is 1110. The second-order valence-corrected chi connectivity index (χ2v) is 6.27. The molecule has 3 N–H and O–H groups in total. The van der Waals surface area contributed by atoms with Crippen LogP contribution in [0.5, 0.6) is 11.5 Å². The molecule has 0 spiro atoms. The molecule has 3 aromatic carbocycles. The second-order valence-electron chi connectivity index (χ2n) is 6.27. The minimum absolute atomic E-state index is 0.162. The van der Waals surface area contributed by atoms with Crippen LogP contribution < -0.4 is 10.1 Å². The van der Waals surface area contributed by atoms with E-state index in [-0.39, 0.29) is 22.8 Å². The van der Waals surface area contributed by atoms with Gasteiger partial charge in [0.05, 0.1) is 11.1 Å². The number of hydrogen-bond donors (Lipinski definition) is 3. The lowest BCUT2D eigenvalue weighted by molar-refractivity contribution is 0.0651. The van der Waals surface area contributed by atoms with Crippen molar-refractivity contribution in [3.05, 3.63) is 89.0 Å². The van der Waals surface area contributed by atoms with Crippen LogP contribution in [-0.4, -0.2) is 28.1 Å². The lowest BCUT2D eigenvalue weighted by Gasteiger charge is -2.10. The number of carboxylic acid groups (broad SMARTS) is 2. The number of rotatable bonds is 6. The van der Waals surface area contributed by atoms with Gasteiger partial charge >= 0.3 is 11.9 Å². The fourth-order valence-corrected chi connectivity index (χ4v) is 2.71. The maximum atomic E-state index is 12.4. The number of amides is 1. The standard InChI is InChI=1S/C22H17NO6/c1-13-4-2-5-14(10-13)20(24)23-15-6-3-7-16(11-15)29-17-8-9-18(21(25)26)19(12-17)22(27)28/h2-12H,1H3,(H,23,24)(H,25,26)(H,27,28). The molecule has 0 atom stereocenters. The minimum atomic E-state index is -1.37. The first-order valence-corrected chi connectivity index (χ1v) is 8.60. The van der Waals surface area contributed by atoms with Crippen molar-refractivity contribution in [2.24, 2.45) is 0 Å². The van der Waals surface area contributed by atoms with Gasteiger partial charge in [-0.25, -0.2) is 9.59 Å². The Labute approximate surface area is 166 Å². The molecule has 3 rings (SSSR count). The molecule has 0 bridgehead atoms.